The normalized spacial score (nSPS) is 11.5. The van der Waals surface area contributed by atoms with Gasteiger partial charge in [0.15, 0.2) is 0 Å². The first kappa shape index (κ1) is 9.94. The molecule has 0 unspecified atom stereocenters. The number of nitriles is 2. The Morgan fingerprint density at radius 3 is 1.25 bits per heavy atom. The molecule has 0 aromatic heterocycles. The van der Waals surface area contributed by atoms with E-state index < -0.39 is 0 Å². The van der Waals surface area contributed by atoms with Crippen molar-refractivity contribution in [2.75, 3.05) is 0 Å². The molecule has 2 heteroatoms. The summed E-state index contributed by atoms with van der Waals surface area (Å²) in [4.78, 5) is 0. The fourth-order valence-electron chi connectivity index (χ4n) is 0.454. The van der Waals surface area contributed by atoms with Crippen molar-refractivity contribution in [3.63, 3.8) is 0 Å². The molecule has 0 aromatic rings. The summed E-state index contributed by atoms with van der Waals surface area (Å²) in [5, 5.41) is 16.2. The van der Waals surface area contributed by atoms with Crippen LogP contribution >= 0.6 is 0 Å². The molecule has 0 rings (SSSR count). The van der Waals surface area contributed by atoms with E-state index in [4.69, 9.17) is 10.5 Å². The third-order valence-electron chi connectivity index (χ3n) is 0.897. The standard InChI is InChI=1S/C10H8N2/c11-9-7-5-3-1-2-4-6-8-10-12/h1-8H. The van der Waals surface area contributed by atoms with Crippen LogP contribution in [0, 0.1) is 22.7 Å². The average Bonchev–Trinajstić information content (AvgIpc) is 2.10. The maximum Gasteiger partial charge on any atom is 0.0912 e. The second-order valence-corrected chi connectivity index (χ2v) is 1.75. The van der Waals surface area contributed by atoms with Crippen LogP contribution in [0.1, 0.15) is 0 Å². The highest BCUT2D eigenvalue weighted by Crippen LogP contribution is 1.81. The topological polar surface area (TPSA) is 47.6 Å². The van der Waals surface area contributed by atoms with Gasteiger partial charge >= 0.3 is 0 Å². The minimum Gasteiger partial charge on any atom is -0.193 e. The molecule has 0 bridgehead atoms. The van der Waals surface area contributed by atoms with Gasteiger partial charge in [-0.05, 0) is 0 Å². The van der Waals surface area contributed by atoms with E-state index in [0.29, 0.717) is 0 Å². The molecule has 0 aliphatic heterocycles. The van der Waals surface area contributed by atoms with Crippen molar-refractivity contribution in [1.29, 1.82) is 10.5 Å². The van der Waals surface area contributed by atoms with Crippen molar-refractivity contribution in [3.05, 3.63) is 48.6 Å². The zero-order valence-electron chi connectivity index (χ0n) is 6.51. The predicted molar refractivity (Wildman–Crippen MR) is 47.8 cm³/mol. The molecule has 0 aromatic carbocycles. The second kappa shape index (κ2) is 8.94. The van der Waals surface area contributed by atoms with Crippen LogP contribution in [0.15, 0.2) is 48.6 Å². The van der Waals surface area contributed by atoms with Crippen LogP contribution in [0.4, 0.5) is 0 Å². The monoisotopic (exact) mass is 156 g/mol. The van der Waals surface area contributed by atoms with Crippen LogP contribution in [-0.2, 0) is 0 Å². The van der Waals surface area contributed by atoms with E-state index in [1.165, 1.54) is 12.2 Å². The van der Waals surface area contributed by atoms with Crippen molar-refractivity contribution < 1.29 is 0 Å². The van der Waals surface area contributed by atoms with Gasteiger partial charge in [-0.3, -0.25) is 0 Å². The van der Waals surface area contributed by atoms with Crippen molar-refractivity contribution in [3.8, 4) is 12.1 Å². The Bertz CT molecular complexity index is 261. The fourth-order valence-corrected chi connectivity index (χ4v) is 0.454. The highest BCUT2D eigenvalue weighted by molar-refractivity contribution is 5.19. The lowest BCUT2D eigenvalue weighted by Crippen LogP contribution is -1.51. The Labute approximate surface area is 72.1 Å². The molecule has 0 radical (unpaired) electrons. The van der Waals surface area contributed by atoms with Crippen LogP contribution in [0.25, 0.3) is 0 Å². The van der Waals surface area contributed by atoms with Crippen LogP contribution in [0.2, 0.25) is 0 Å². The predicted octanol–water partition coefficient (Wildman–Crippen LogP) is 2.26. The van der Waals surface area contributed by atoms with Gasteiger partial charge in [-0.15, -0.1) is 0 Å². The van der Waals surface area contributed by atoms with Gasteiger partial charge in [0.1, 0.15) is 0 Å². The van der Waals surface area contributed by atoms with Crippen molar-refractivity contribution in [1.82, 2.24) is 0 Å². The molecule has 0 atom stereocenters. The third kappa shape index (κ3) is 7.94. The van der Waals surface area contributed by atoms with Gasteiger partial charge in [-0.2, -0.15) is 10.5 Å². The average molecular weight is 156 g/mol. The van der Waals surface area contributed by atoms with Gasteiger partial charge in [0, 0.05) is 12.2 Å². The molecule has 0 aliphatic rings. The summed E-state index contributed by atoms with van der Waals surface area (Å²) in [7, 11) is 0. The van der Waals surface area contributed by atoms with Crippen LogP contribution < -0.4 is 0 Å². The Morgan fingerprint density at radius 1 is 0.583 bits per heavy atom. The second-order valence-electron chi connectivity index (χ2n) is 1.75. The van der Waals surface area contributed by atoms with E-state index in [2.05, 4.69) is 0 Å². The summed E-state index contributed by atoms with van der Waals surface area (Å²) in [6.07, 6.45) is 13.1. The molecule has 0 spiro atoms. The molecule has 0 N–H and O–H groups in total. The zero-order chi connectivity index (χ0) is 9.07. The maximum absolute atomic E-state index is 8.10. The summed E-state index contributed by atoms with van der Waals surface area (Å²) in [6, 6.07) is 3.73. The number of rotatable bonds is 3. The number of nitrogens with zero attached hydrogens (tertiary/aromatic N) is 2. The highest BCUT2D eigenvalue weighted by Gasteiger charge is 1.62. The summed E-state index contributed by atoms with van der Waals surface area (Å²) in [5.74, 6) is 0. The Balaban J connectivity index is 3.70. The van der Waals surface area contributed by atoms with Crippen molar-refractivity contribution in [2.24, 2.45) is 0 Å². The van der Waals surface area contributed by atoms with Crippen LogP contribution in [-0.4, -0.2) is 0 Å². The van der Waals surface area contributed by atoms with E-state index in [0.717, 1.165) is 0 Å². The Hall–Kier alpha value is -2.06. The number of hydrogen-bond donors (Lipinski definition) is 0. The molecule has 0 aliphatic carbocycles. The fraction of sp³-hybridized carbons (Fsp3) is 0. The summed E-state index contributed by atoms with van der Waals surface area (Å²) >= 11 is 0. The Kier molecular flexibility index (Phi) is 7.41. The largest absolute Gasteiger partial charge is 0.193 e. The molecular formula is C10H8N2. The lowest BCUT2D eigenvalue weighted by atomic mass is 10.4. The number of hydrogen-bond acceptors (Lipinski definition) is 2. The van der Waals surface area contributed by atoms with Crippen molar-refractivity contribution in [2.45, 2.75) is 0 Å². The van der Waals surface area contributed by atoms with Gasteiger partial charge in [0.05, 0.1) is 12.1 Å². The van der Waals surface area contributed by atoms with Crippen molar-refractivity contribution >= 4 is 0 Å². The molecule has 0 saturated carbocycles. The highest BCUT2D eigenvalue weighted by atomic mass is 14.2. The van der Waals surface area contributed by atoms with Gasteiger partial charge in [-0.1, -0.05) is 36.5 Å². The van der Waals surface area contributed by atoms with E-state index in [1.807, 2.05) is 12.1 Å². The third-order valence-corrected chi connectivity index (χ3v) is 0.897. The Morgan fingerprint density at radius 2 is 0.917 bits per heavy atom. The minimum atomic E-state index is 1.38. The van der Waals surface area contributed by atoms with Crippen LogP contribution in [0.5, 0.6) is 0 Å². The minimum absolute atomic E-state index is 1.38. The molecule has 0 amide bonds. The zero-order valence-corrected chi connectivity index (χ0v) is 6.51. The first-order chi connectivity index (χ1) is 5.91. The van der Waals surface area contributed by atoms with E-state index >= 15 is 0 Å². The lowest BCUT2D eigenvalue weighted by Gasteiger charge is -1.70. The molecule has 2 nitrogen and oxygen atoms in total. The quantitative estimate of drug-likeness (QED) is 0.464. The van der Waals surface area contributed by atoms with Gasteiger partial charge < -0.3 is 0 Å². The first-order valence-corrected chi connectivity index (χ1v) is 3.36. The molecule has 58 valence electrons. The van der Waals surface area contributed by atoms with Gasteiger partial charge in [0.2, 0.25) is 0 Å². The van der Waals surface area contributed by atoms with E-state index in [1.54, 1.807) is 36.5 Å². The SMILES string of the molecule is N#CC=CC=CC=CC=CC#N. The van der Waals surface area contributed by atoms with Gasteiger partial charge in [0.25, 0.3) is 0 Å². The van der Waals surface area contributed by atoms with Crippen LogP contribution in [0.3, 0.4) is 0 Å². The summed E-state index contributed by atoms with van der Waals surface area (Å²) in [6.45, 7) is 0. The molecule has 0 saturated heterocycles. The maximum atomic E-state index is 8.10. The number of allylic oxidation sites excluding steroid dienone is 8. The summed E-state index contributed by atoms with van der Waals surface area (Å²) < 4.78 is 0. The van der Waals surface area contributed by atoms with E-state index in [9.17, 15) is 0 Å². The molecule has 0 heterocycles. The van der Waals surface area contributed by atoms with Gasteiger partial charge in [-0.25, -0.2) is 0 Å². The molecule has 12 heavy (non-hydrogen) atoms. The molecule has 0 fully saturated rings. The summed E-state index contributed by atoms with van der Waals surface area (Å²) in [5.41, 5.74) is 0. The lowest BCUT2D eigenvalue weighted by molar-refractivity contribution is 1.53. The first-order valence-electron chi connectivity index (χ1n) is 3.36. The molecular weight excluding hydrogens is 148 g/mol. The van der Waals surface area contributed by atoms with E-state index in [-0.39, 0.29) is 0 Å². The smallest absolute Gasteiger partial charge is 0.0912 e.